The number of carboxylic acid groups (broad SMARTS) is 1. The van der Waals surface area contributed by atoms with Crippen molar-refractivity contribution >= 4 is 23.2 Å². The number of piperidine rings is 2. The van der Waals surface area contributed by atoms with E-state index >= 15 is 0 Å². The lowest BCUT2D eigenvalue weighted by Gasteiger charge is -2.29. The van der Waals surface area contributed by atoms with Crippen molar-refractivity contribution in [2.24, 2.45) is 11.8 Å². The first-order valence-electron chi connectivity index (χ1n) is 16.6. The zero-order valence-electron chi connectivity index (χ0n) is 26.9. The van der Waals surface area contributed by atoms with Crippen molar-refractivity contribution in [3.8, 4) is 33.8 Å². The molecule has 3 aromatic heterocycles. The number of carbonyl (C=O) groups is 2. The van der Waals surface area contributed by atoms with Crippen LogP contribution in [0.1, 0.15) is 70.2 Å². The Hall–Kier alpha value is -5.26. The van der Waals surface area contributed by atoms with E-state index in [9.17, 15) is 14.7 Å². The Morgan fingerprint density at radius 1 is 0.750 bits per heavy atom. The first-order valence-corrected chi connectivity index (χ1v) is 16.6. The summed E-state index contributed by atoms with van der Waals surface area (Å²) < 4.78 is 5.72. The lowest BCUT2D eigenvalue weighted by Crippen LogP contribution is -2.38. The average Bonchev–Trinajstić information content (AvgIpc) is 3.65. The van der Waals surface area contributed by atoms with Crippen LogP contribution in [0.2, 0.25) is 0 Å². The predicted octanol–water partition coefficient (Wildman–Crippen LogP) is 6.96. The Bertz CT molecular complexity index is 2080. The van der Waals surface area contributed by atoms with Gasteiger partial charge in [0.05, 0.1) is 35.0 Å². The maximum Gasteiger partial charge on any atom is 0.411 e. The van der Waals surface area contributed by atoms with Crippen molar-refractivity contribution < 1.29 is 19.4 Å². The normalized spacial score (nSPS) is 25.6. The molecule has 244 valence electrons. The molecule has 3 N–H and O–H groups in total. The second-order valence-electron chi connectivity index (χ2n) is 14.6. The number of fused-ring (bicyclic) bond motifs is 3. The van der Waals surface area contributed by atoms with Crippen molar-refractivity contribution in [2.75, 3.05) is 0 Å². The summed E-state index contributed by atoms with van der Waals surface area (Å²) in [5.41, 5.74) is 6.14. The van der Waals surface area contributed by atoms with Crippen LogP contribution < -0.4 is 0 Å². The van der Waals surface area contributed by atoms with Crippen LogP contribution in [0.3, 0.4) is 0 Å². The second kappa shape index (κ2) is 10.4. The molecule has 2 saturated heterocycles. The first-order chi connectivity index (χ1) is 23.1. The summed E-state index contributed by atoms with van der Waals surface area (Å²) in [7, 11) is 0. The maximum atomic E-state index is 13.0. The van der Waals surface area contributed by atoms with Crippen LogP contribution in [0.5, 0.6) is 0 Å². The molecule has 12 nitrogen and oxygen atoms in total. The molecule has 2 amide bonds. The summed E-state index contributed by atoms with van der Waals surface area (Å²) in [6.45, 7) is 5.68. The first kappa shape index (κ1) is 28.9. The molecule has 4 aliphatic rings. The SMILES string of the molecule is CC(C)(C)OC(=O)N1[C@@H]2C[C@H]2C[C@H]1c1nc(-c2ccc(-c3ccc4nc(-c5c[nH]c([C@@H]6C[C@H]7C[C@H]7N6C(=O)O)n5)cnc4c3)cc2)c[nH]1. The summed E-state index contributed by atoms with van der Waals surface area (Å²) >= 11 is 0. The standard InChI is InChI=1S/C36H36N8O4/c1-36(2,3)48-35(47)44-29-12-22(29)14-31(44)33-38-15-25(41-33)19-6-4-18(5-7-19)20-8-9-23-24(10-20)37-16-26(40-23)27-17-39-32(42-27)30-13-21-11-28(21)43(30)34(45)46/h4-10,15-17,21-22,28-31H,11-14H2,1-3H3,(H,38,41)(H,39,42)(H,45,46)/t21-,22+,28-,29-,30+,31+/m1/s1. The molecule has 2 saturated carbocycles. The van der Waals surface area contributed by atoms with E-state index in [0.717, 1.165) is 64.9 Å². The molecular formula is C36H36N8O4. The van der Waals surface area contributed by atoms with Crippen LogP contribution in [0.25, 0.3) is 44.8 Å². The van der Waals surface area contributed by atoms with E-state index in [-0.39, 0.29) is 30.3 Å². The van der Waals surface area contributed by atoms with Gasteiger partial charge in [0.1, 0.15) is 28.6 Å². The van der Waals surface area contributed by atoms with Crippen LogP contribution in [0.15, 0.2) is 61.1 Å². The molecule has 2 aliphatic heterocycles. The van der Waals surface area contributed by atoms with Gasteiger partial charge in [0, 0.05) is 30.0 Å². The fourth-order valence-electron chi connectivity index (χ4n) is 7.69. The number of imidazole rings is 2. The van der Waals surface area contributed by atoms with E-state index in [1.54, 1.807) is 17.3 Å². The minimum atomic E-state index is -0.891. The van der Waals surface area contributed by atoms with Crippen LogP contribution in [-0.4, -0.2) is 74.7 Å². The lowest BCUT2D eigenvalue weighted by atomic mass is 10.0. The van der Waals surface area contributed by atoms with Gasteiger partial charge in [0.15, 0.2) is 0 Å². The van der Waals surface area contributed by atoms with Gasteiger partial charge in [0.2, 0.25) is 0 Å². The summed E-state index contributed by atoms with van der Waals surface area (Å²) in [4.78, 5) is 53.9. The Labute approximate surface area is 276 Å². The zero-order chi connectivity index (χ0) is 32.9. The van der Waals surface area contributed by atoms with Crippen molar-refractivity contribution in [1.29, 1.82) is 0 Å². The second-order valence-corrected chi connectivity index (χ2v) is 14.6. The number of nitrogens with one attached hydrogen (secondary N) is 2. The molecular weight excluding hydrogens is 608 g/mol. The Morgan fingerprint density at radius 2 is 1.35 bits per heavy atom. The van der Waals surface area contributed by atoms with E-state index in [1.807, 2.05) is 50.1 Å². The number of hydrogen-bond donors (Lipinski definition) is 3. The topological polar surface area (TPSA) is 153 Å². The molecule has 0 spiro atoms. The van der Waals surface area contributed by atoms with Crippen LogP contribution in [0, 0.1) is 11.8 Å². The smallest absolute Gasteiger partial charge is 0.411 e. The van der Waals surface area contributed by atoms with Gasteiger partial charge in [-0.3, -0.25) is 14.8 Å². The highest BCUT2D eigenvalue weighted by atomic mass is 16.6. The fourth-order valence-corrected chi connectivity index (χ4v) is 7.69. The number of rotatable bonds is 5. The number of likely N-dealkylation sites (tertiary alicyclic amines) is 2. The fraction of sp³-hybridized carbons (Fsp3) is 0.389. The Balaban J connectivity index is 0.904. The minimum absolute atomic E-state index is 0.106. The molecule has 0 radical (unpaired) electrons. The number of aromatic nitrogens is 6. The predicted molar refractivity (Wildman–Crippen MR) is 177 cm³/mol. The quantitative estimate of drug-likeness (QED) is 0.186. The van der Waals surface area contributed by atoms with Crippen molar-refractivity contribution in [3.05, 3.63) is 72.7 Å². The third kappa shape index (κ3) is 4.97. The van der Waals surface area contributed by atoms with E-state index in [2.05, 4.69) is 34.2 Å². The van der Waals surface area contributed by atoms with Gasteiger partial charge in [-0.15, -0.1) is 0 Å². The van der Waals surface area contributed by atoms with Gasteiger partial charge in [-0.1, -0.05) is 30.3 Å². The van der Waals surface area contributed by atoms with Crippen molar-refractivity contribution in [3.63, 3.8) is 0 Å². The number of nitrogens with zero attached hydrogens (tertiary/aromatic N) is 6. The van der Waals surface area contributed by atoms with Crippen LogP contribution >= 0.6 is 0 Å². The number of amides is 2. The molecule has 0 unspecified atom stereocenters. The van der Waals surface area contributed by atoms with Gasteiger partial charge in [0.25, 0.3) is 0 Å². The van der Waals surface area contributed by atoms with Gasteiger partial charge < -0.3 is 19.8 Å². The molecule has 2 aromatic carbocycles. The number of benzene rings is 2. The number of H-pyrrole nitrogens is 2. The summed E-state index contributed by atoms with van der Waals surface area (Å²) in [5, 5.41) is 9.69. The summed E-state index contributed by atoms with van der Waals surface area (Å²) in [6, 6.07) is 14.3. The van der Waals surface area contributed by atoms with Gasteiger partial charge in [-0.2, -0.15) is 0 Å². The Kier molecular flexibility index (Phi) is 6.25. The molecule has 2 aliphatic carbocycles. The molecule has 5 heterocycles. The van der Waals surface area contributed by atoms with Crippen molar-refractivity contribution in [2.45, 2.75) is 76.2 Å². The molecule has 5 aromatic rings. The summed E-state index contributed by atoms with van der Waals surface area (Å²) in [5.74, 6) is 2.41. The van der Waals surface area contributed by atoms with E-state index in [0.29, 0.717) is 29.0 Å². The maximum absolute atomic E-state index is 13.0. The van der Waals surface area contributed by atoms with E-state index < -0.39 is 11.7 Å². The van der Waals surface area contributed by atoms with Gasteiger partial charge in [-0.05, 0) is 81.5 Å². The Morgan fingerprint density at radius 3 is 2.04 bits per heavy atom. The van der Waals surface area contributed by atoms with Gasteiger partial charge >= 0.3 is 12.2 Å². The largest absolute Gasteiger partial charge is 0.465 e. The zero-order valence-corrected chi connectivity index (χ0v) is 26.9. The third-order valence-corrected chi connectivity index (χ3v) is 10.2. The molecule has 12 heteroatoms. The number of carbonyl (C=O) groups excluding carboxylic acids is 1. The van der Waals surface area contributed by atoms with Crippen LogP contribution in [-0.2, 0) is 4.74 Å². The molecule has 0 bridgehead atoms. The van der Waals surface area contributed by atoms with E-state index in [1.165, 1.54) is 0 Å². The number of ether oxygens (including phenoxy) is 1. The lowest BCUT2D eigenvalue weighted by molar-refractivity contribution is 0.0175. The highest BCUT2D eigenvalue weighted by molar-refractivity contribution is 5.83. The minimum Gasteiger partial charge on any atom is -0.465 e. The molecule has 9 rings (SSSR count). The number of hydrogen-bond acceptors (Lipinski definition) is 7. The highest BCUT2D eigenvalue weighted by Crippen LogP contribution is 2.54. The van der Waals surface area contributed by atoms with E-state index in [4.69, 9.17) is 24.7 Å². The highest BCUT2D eigenvalue weighted by Gasteiger charge is 2.57. The third-order valence-electron chi connectivity index (χ3n) is 10.2. The molecule has 4 fully saturated rings. The molecule has 6 atom stereocenters. The summed E-state index contributed by atoms with van der Waals surface area (Å²) in [6.07, 6.45) is 7.92. The average molecular weight is 645 g/mol. The van der Waals surface area contributed by atoms with Crippen LogP contribution in [0.4, 0.5) is 9.59 Å². The van der Waals surface area contributed by atoms with Gasteiger partial charge in [-0.25, -0.2) is 24.5 Å². The number of aromatic amines is 2. The molecule has 48 heavy (non-hydrogen) atoms. The monoisotopic (exact) mass is 644 g/mol. The van der Waals surface area contributed by atoms with Crippen molar-refractivity contribution in [1.82, 2.24) is 39.7 Å².